The molecule has 0 saturated carbocycles. The second-order valence-electron chi connectivity index (χ2n) is 5.37. The van der Waals surface area contributed by atoms with Crippen molar-refractivity contribution in [3.05, 3.63) is 88.8 Å². The Labute approximate surface area is 144 Å². The molecule has 2 heterocycles. The summed E-state index contributed by atoms with van der Waals surface area (Å²) in [6.07, 6.45) is 5.93. The number of ether oxygens (including phenoxy) is 1. The standard InChI is InChI=1S/C19H13ClN2O2/c20-16-6-7-17-15(12-16)11-14(8-9-23-17)19-22-21-18(24-19)10-13-4-2-1-3-5-13/h1-9,11-12H,10H2. The van der Waals surface area contributed by atoms with E-state index in [9.17, 15) is 0 Å². The van der Waals surface area contributed by atoms with E-state index in [0.29, 0.717) is 23.2 Å². The van der Waals surface area contributed by atoms with Crippen LogP contribution >= 0.6 is 11.6 Å². The fourth-order valence-corrected chi connectivity index (χ4v) is 2.66. The number of aromatic nitrogens is 2. The Morgan fingerprint density at radius 2 is 1.88 bits per heavy atom. The van der Waals surface area contributed by atoms with Crippen LogP contribution in [0.5, 0.6) is 5.75 Å². The van der Waals surface area contributed by atoms with E-state index in [1.54, 1.807) is 18.4 Å². The molecule has 0 spiro atoms. The number of nitrogens with zero attached hydrogens (tertiary/aromatic N) is 2. The van der Waals surface area contributed by atoms with Crippen LogP contribution in [0.25, 0.3) is 11.6 Å². The maximum absolute atomic E-state index is 6.06. The molecule has 0 radical (unpaired) electrons. The third kappa shape index (κ3) is 3.09. The third-order valence-corrected chi connectivity index (χ3v) is 3.87. The highest BCUT2D eigenvalue weighted by atomic mass is 35.5. The van der Waals surface area contributed by atoms with Gasteiger partial charge in [-0.25, -0.2) is 0 Å². The SMILES string of the molecule is Clc1ccc2c(c1)C=C(c1nnc(Cc3ccccc3)o1)C=CO2. The van der Waals surface area contributed by atoms with Crippen LogP contribution in [0, 0.1) is 0 Å². The zero-order chi connectivity index (χ0) is 16.4. The van der Waals surface area contributed by atoms with Crippen molar-refractivity contribution in [3.8, 4) is 5.75 Å². The smallest absolute Gasteiger partial charge is 0.247 e. The highest BCUT2D eigenvalue weighted by molar-refractivity contribution is 6.30. The van der Waals surface area contributed by atoms with Gasteiger partial charge in [-0.05, 0) is 35.9 Å². The Bertz CT molecular complexity index is 930. The zero-order valence-corrected chi connectivity index (χ0v) is 13.4. The van der Waals surface area contributed by atoms with Gasteiger partial charge < -0.3 is 9.15 Å². The minimum atomic E-state index is 0.452. The van der Waals surface area contributed by atoms with Crippen molar-refractivity contribution in [3.63, 3.8) is 0 Å². The Hall–Kier alpha value is -2.85. The Balaban J connectivity index is 1.64. The molecule has 0 unspecified atom stereocenters. The summed E-state index contributed by atoms with van der Waals surface area (Å²) in [6, 6.07) is 15.5. The minimum absolute atomic E-state index is 0.452. The zero-order valence-electron chi connectivity index (χ0n) is 12.6. The molecule has 0 bridgehead atoms. The van der Waals surface area contributed by atoms with Crippen LogP contribution in [0.1, 0.15) is 22.9 Å². The molecular formula is C19H13ClN2O2. The topological polar surface area (TPSA) is 48.2 Å². The first-order valence-electron chi connectivity index (χ1n) is 7.49. The molecule has 1 aliphatic rings. The van der Waals surface area contributed by atoms with Gasteiger partial charge in [-0.3, -0.25) is 0 Å². The molecule has 5 heteroatoms. The lowest BCUT2D eigenvalue weighted by molar-refractivity contribution is 0.480. The lowest BCUT2D eigenvalue weighted by Crippen LogP contribution is -1.87. The largest absolute Gasteiger partial charge is 0.464 e. The van der Waals surface area contributed by atoms with Gasteiger partial charge in [-0.2, -0.15) is 0 Å². The molecule has 0 atom stereocenters. The lowest BCUT2D eigenvalue weighted by atomic mass is 10.1. The molecule has 1 aliphatic heterocycles. The predicted molar refractivity (Wildman–Crippen MR) is 92.6 cm³/mol. The first-order chi connectivity index (χ1) is 11.8. The fraction of sp³-hybridized carbons (Fsp3) is 0.0526. The molecule has 0 aliphatic carbocycles. The molecule has 0 amide bonds. The predicted octanol–water partition coefficient (Wildman–Crippen LogP) is 4.76. The van der Waals surface area contributed by atoms with Gasteiger partial charge in [0.1, 0.15) is 5.75 Å². The molecule has 24 heavy (non-hydrogen) atoms. The Morgan fingerprint density at radius 1 is 1.00 bits per heavy atom. The van der Waals surface area contributed by atoms with Crippen molar-refractivity contribution in [2.24, 2.45) is 0 Å². The van der Waals surface area contributed by atoms with Crippen molar-refractivity contribution in [2.75, 3.05) is 0 Å². The van der Waals surface area contributed by atoms with E-state index in [4.69, 9.17) is 20.8 Å². The van der Waals surface area contributed by atoms with Crippen LogP contribution in [0.3, 0.4) is 0 Å². The quantitative estimate of drug-likeness (QED) is 0.691. The van der Waals surface area contributed by atoms with Gasteiger partial charge in [0.25, 0.3) is 0 Å². The van der Waals surface area contributed by atoms with E-state index >= 15 is 0 Å². The molecule has 0 N–H and O–H groups in total. The number of rotatable bonds is 3. The summed E-state index contributed by atoms with van der Waals surface area (Å²) in [6.45, 7) is 0. The number of hydrogen-bond donors (Lipinski definition) is 0. The van der Waals surface area contributed by atoms with Gasteiger partial charge in [0.05, 0.1) is 12.7 Å². The average Bonchev–Trinajstić information content (AvgIpc) is 2.95. The molecule has 0 saturated heterocycles. The molecule has 2 aromatic carbocycles. The van der Waals surface area contributed by atoms with E-state index in [-0.39, 0.29) is 0 Å². The first-order valence-corrected chi connectivity index (χ1v) is 7.87. The fourth-order valence-electron chi connectivity index (χ4n) is 2.48. The van der Waals surface area contributed by atoms with Gasteiger partial charge >= 0.3 is 0 Å². The number of fused-ring (bicyclic) bond motifs is 1. The highest BCUT2D eigenvalue weighted by Gasteiger charge is 2.13. The lowest BCUT2D eigenvalue weighted by Gasteiger charge is -2.03. The van der Waals surface area contributed by atoms with E-state index < -0.39 is 0 Å². The van der Waals surface area contributed by atoms with Gasteiger partial charge in [-0.1, -0.05) is 41.9 Å². The summed E-state index contributed by atoms with van der Waals surface area (Å²) in [7, 11) is 0. The number of allylic oxidation sites excluding steroid dienone is 2. The molecule has 4 nitrogen and oxygen atoms in total. The van der Waals surface area contributed by atoms with Gasteiger partial charge in [0.15, 0.2) is 0 Å². The number of benzene rings is 2. The first kappa shape index (κ1) is 14.7. The molecule has 0 fully saturated rings. The minimum Gasteiger partial charge on any atom is -0.464 e. The van der Waals surface area contributed by atoms with Crippen LogP contribution in [0.15, 0.2) is 65.3 Å². The van der Waals surface area contributed by atoms with Crippen LogP contribution in [-0.4, -0.2) is 10.2 Å². The highest BCUT2D eigenvalue weighted by Crippen LogP contribution is 2.30. The average molecular weight is 337 g/mol. The van der Waals surface area contributed by atoms with Gasteiger partial charge in [0.2, 0.25) is 11.8 Å². The van der Waals surface area contributed by atoms with Crippen molar-refractivity contribution >= 4 is 23.3 Å². The molecule has 3 aromatic rings. The van der Waals surface area contributed by atoms with E-state index in [1.807, 2.05) is 48.5 Å². The van der Waals surface area contributed by atoms with Crippen molar-refractivity contribution in [2.45, 2.75) is 6.42 Å². The maximum Gasteiger partial charge on any atom is 0.247 e. The summed E-state index contributed by atoms with van der Waals surface area (Å²) < 4.78 is 11.4. The summed E-state index contributed by atoms with van der Waals surface area (Å²) >= 11 is 6.06. The summed E-state index contributed by atoms with van der Waals surface area (Å²) in [4.78, 5) is 0. The number of hydrogen-bond acceptors (Lipinski definition) is 4. The van der Waals surface area contributed by atoms with Crippen LogP contribution in [0.4, 0.5) is 0 Å². The molecule has 1 aromatic heterocycles. The van der Waals surface area contributed by atoms with E-state index in [1.165, 1.54) is 0 Å². The van der Waals surface area contributed by atoms with Gasteiger partial charge in [-0.15, -0.1) is 10.2 Å². The van der Waals surface area contributed by atoms with Crippen molar-refractivity contribution in [1.29, 1.82) is 0 Å². The Kier molecular flexibility index (Phi) is 3.89. The summed E-state index contributed by atoms with van der Waals surface area (Å²) in [5.41, 5.74) is 2.77. The molecular weight excluding hydrogens is 324 g/mol. The summed E-state index contributed by atoms with van der Waals surface area (Å²) in [5, 5.41) is 8.92. The summed E-state index contributed by atoms with van der Waals surface area (Å²) in [5.74, 6) is 1.75. The second kappa shape index (κ2) is 6.34. The second-order valence-corrected chi connectivity index (χ2v) is 5.80. The van der Waals surface area contributed by atoms with Crippen molar-refractivity contribution < 1.29 is 9.15 Å². The maximum atomic E-state index is 6.06. The molecule has 118 valence electrons. The Morgan fingerprint density at radius 3 is 2.75 bits per heavy atom. The van der Waals surface area contributed by atoms with Crippen LogP contribution in [0.2, 0.25) is 5.02 Å². The monoisotopic (exact) mass is 336 g/mol. The molecule has 4 rings (SSSR count). The number of halogens is 1. The van der Waals surface area contributed by atoms with Gasteiger partial charge in [0, 0.05) is 16.2 Å². The van der Waals surface area contributed by atoms with E-state index in [0.717, 1.165) is 22.4 Å². The van der Waals surface area contributed by atoms with Crippen LogP contribution in [-0.2, 0) is 6.42 Å². The normalized spacial score (nSPS) is 13.0. The van der Waals surface area contributed by atoms with Crippen LogP contribution < -0.4 is 4.74 Å². The third-order valence-electron chi connectivity index (χ3n) is 3.64. The van der Waals surface area contributed by atoms with E-state index in [2.05, 4.69) is 10.2 Å². The van der Waals surface area contributed by atoms with Crippen molar-refractivity contribution in [1.82, 2.24) is 10.2 Å².